The molecule has 0 spiro atoms. The fourth-order valence-electron chi connectivity index (χ4n) is 4.90. The van der Waals surface area contributed by atoms with Crippen LogP contribution in [0.1, 0.15) is 49.7 Å². The van der Waals surface area contributed by atoms with E-state index in [0.717, 1.165) is 51.3 Å². The Hall–Kier alpha value is -2.50. The van der Waals surface area contributed by atoms with Crippen LogP contribution in [0.25, 0.3) is 10.9 Å². The number of carbonyl (C=O) groups is 1. The molecule has 0 bridgehead atoms. The van der Waals surface area contributed by atoms with Crippen molar-refractivity contribution in [2.75, 3.05) is 26.7 Å². The normalized spacial score (nSPS) is 20.7. The molecule has 1 aliphatic heterocycles. The Morgan fingerprint density at radius 2 is 2.07 bits per heavy atom. The summed E-state index contributed by atoms with van der Waals surface area (Å²) < 4.78 is 0. The number of rotatable bonds is 5. The lowest BCUT2D eigenvalue weighted by Gasteiger charge is -2.26. The molecule has 1 aromatic heterocycles. The molecule has 1 saturated carbocycles. The maximum absolute atomic E-state index is 12.8. The Bertz CT molecular complexity index is 896. The quantitative estimate of drug-likeness (QED) is 0.524. The maximum atomic E-state index is 12.8. The molecule has 6 heteroatoms. The first-order valence-electron chi connectivity index (χ1n) is 11.5. The highest BCUT2D eigenvalue weighted by molar-refractivity contribution is 5.84. The fraction of sp³-hybridized carbons (Fsp3) is 0.583. The number of aromatic nitrogens is 1. The molecule has 1 unspecified atom stereocenters. The topological polar surface area (TPSA) is 72.5 Å². The lowest BCUT2D eigenvalue weighted by atomic mass is 9.88. The zero-order valence-electron chi connectivity index (χ0n) is 18.3. The number of aliphatic imine (C=N–C) groups is 1. The number of aryl methyl sites for hydroxylation is 1. The molecular formula is C24H35N5O. The van der Waals surface area contributed by atoms with Gasteiger partial charge in [0.05, 0.1) is 0 Å². The maximum Gasteiger partial charge on any atom is 0.225 e. The van der Waals surface area contributed by atoms with Crippen molar-refractivity contribution in [1.29, 1.82) is 0 Å². The number of carbonyl (C=O) groups excluding carboxylic acids is 1. The van der Waals surface area contributed by atoms with Gasteiger partial charge >= 0.3 is 0 Å². The molecule has 1 aliphatic carbocycles. The van der Waals surface area contributed by atoms with Crippen LogP contribution >= 0.6 is 0 Å². The van der Waals surface area contributed by atoms with Gasteiger partial charge in [0.2, 0.25) is 5.91 Å². The van der Waals surface area contributed by atoms with Gasteiger partial charge in [0.15, 0.2) is 5.96 Å². The SMILES string of the molecule is CN=C(NCCc1c[nH]c2cc(C)ccc12)NC1CCN(C(=O)C2CCCCC2)C1. The van der Waals surface area contributed by atoms with Gasteiger partial charge in [0.1, 0.15) is 0 Å². The Morgan fingerprint density at radius 3 is 2.87 bits per heavy atom. The van der Waals surface area contributed by atoms with E-state index >= 15 is 0 Å². The van der Waals surface area contributed by atoms with Crippen LogP contribution in [0.3, 0.4) is 0 Å². The molecule has 1 aromatic carbocycles. The van der Waals surface area contributed by atoms with Gasteiger partial charge < -0.3 is 20.5 Å². The van der Waals surface area contributed by atoms with Crippen LogP contribution in [0, 0.1) is 12.8 Å². The summed E-state index contributed by atoms with van der Waals surface area (Å²) in [5.41, 5.74) is 3.78. The highest BCUT2D eigenvalue weighted by Crippen LogP contribution is 2.26. The standard InChI is InChI=1S/C24H35N5O/c1-17-8-9-21-19(15-27-22(21)14-17)10-12-26-24(25-2)28-20-11-13-29(16-20)23(30)18-6-4-3-5-7-18/h8-9,14-15,18,20,27H,3-7,10-13,16H2,1-2H3,(H2,25,26,28). The van der Waals surface area contributed by atoms with Gasteiger partial charge in [0.25, 0.3) is 0 Å². The highest BCUT2D eigenvalue weighted by atomic mass is 16.2. The molecule has 1 amide bonds. The monoisotopic (exact) mass is 409 g/mol. The third-order valence-corrected chi connectivity index (χ3v) is 6.63. The van der Waals surface area contributed by atoms with Crippen LogP contribution in [0.2, 0.25) is 0 Å². The first-order valence-corrected chi connectivity index (χ1v) is 11.5. The van der Waals surface area contributed by atoms with Gasteiger partial charge in [-0.05, 0) is 49.8 Å². The van der Waals surface area contributed by atoms with E-state index in [9.17, 15) is 4.79 Å². The van der Waals surface area contributed by atoms with Crippen molar-refractivity contribution in [3.05, 3.63) is 35.5 Å². The highest BCUT2D eigenvalue weighted by Gasteiger charge is 2.31. The summed E-state index contributed by atoms with van der Waals surface area (Å²) in [5.74, 6) is 1.45. The Morgan fingerprint density at radius 1 is 1.23 bits per heavy atom. The van der Waals surface area contributed by atoms with Gasteiger partial charge in [-0.2, -0.15) is 0 Å². The fourth-order valence-corrected chi connectivity index (χ4v) is 4.90. The van der Waals surface area contributed by atoms with Gasteiger partial charge in [-0.25, -0.2) is 0 Å². The molecule has 2 aromatic rings. The summed E-state index contributed by atoms with van der Waals surface area (Å²) >= 11 is 0. The Balaban J connectivity index is 1.24. The Kier molecular flexibility index (Phi) is 6.60. The molecule has 6 nitrogen and oxygen atoms in total. The minimum absolute atomic E-state index is 0.259. The van der Waals surface area contributed by atoms with Crippen LogP contribution < -0.4 is 10.6 Å². The zero-order valence-corrected chi connectivity index (χ0v) is 18.3. The molecule has 1 saturated heterocycles. The van der Waals surface area contributed by atoms with Gasteiger partial charge in [0, 0.05) is 55.7 Å². The molecule has 30 heavy (non-hydrogen) atoms. The minimum atomic E-state index is 0.259. The number of likely N-dealkylation sites (tertiary alicyclic amines) is 1. The molecule has 0 radical (unpaired) electrons. The smallest absolute Gasteiger partial charge is 0.225 e. The predicted molar refractivity (Wildman–Crippen MR) is 123 cm³/mol. The number of H-pyrrole nitrogens is 1. The van der Waals surface area contributed by atoms with Crippen molar-refractivity contribution >= 4 is 22.8 Å². The first kappa shape index (κ1) is 20.8. The molecular weight excluding hydrogens is 374 g/mol. The molecule has 2 fully saturated rings. The lowest BCUT2D eigenvalue weighted by molar-refractivity contribution is -0.135. The summed E-state index contributed by atoms with van der Waals surface area (Å²) in [5, 5.41) is 8.24. The van der Waals surface area contributed by atoms with Crippen LogP contribution in [-0.4, -0.2) is 54.5 Å². The Labute approximate surface area is 179 Å². The number of fused-ring (bicyclic) bond motifs is 1. The first-order chi connectivity index (χ1) is 14.6. The molecule has 162 valence electrons. The van der Waals surface area contributed by atoms with E-state index in [0.29, 0.717) is 5.91 Å². The van der Waals surface area contributed by atoms with Crippen LogP contribution in [0.15, 0.2) is 29.4 Å². The van der Waals surface area contributed by atoms with E-state index < -0.39 is 0 Å². The largest absolute Gasteiger partial charge is 0.361 e. The second kappa shape index (κ2) is 9.54. The average molecular weight is 410 g/mol. The van der Waals surface area contributed by atoms with Crippen LogP contribution in [0.4, 0.5) is 0 Å². The predicted octanol–water partition coefficient (Wildman–Crippen LogP) is 3.37. The van der Waals surface area contributed by atoms with Crippen molar-refractivity contribution < 1.29 is 4.79 Å². The van der Waals surface area contributed by atoms with Crippen molar-refractivity contribution in [2.45, 2.75) is 57.9 Å². The average Bonchev–Trinajstić information content (AvgIpc) is 3.40. The van der Waals surface area contributed by atoms with Crippen LogP contribution in [0.5, 0.6) is 0 Å². The third-order valence-electron chi connectivity index (χ3n) is 6.63. The van der Waals surface area contributed by atoms with E-state index in [1.165, 1.54) is 41.3 Å². The summed E-state index contributed by atoms with van der Waals surface area (Å²) in [4.78, 5) is 22.6. The second-order valence-corrected chi connectivity index (χ2v) is 8.86. The number of amides is 1. The van der Waals surface area contributed by atoms with E-state index in [-0.39, 0.29) is 12.0 Å². The van der Waals surface area contributed by atoms with Crippen molar-refractivity contribution in [1.82, 2.24) is 20.5 Å². The number of benzene rings is 1. The van der Waals surface area contributed by atoms with E-state index in [2.05, 4.69) is 56.8 Å². The zero-order chi connectivity index (χ0) is 20.9. The van der Waals surface area contributed by atoms with E-state index in [4.69, 9.17) is 0 Å². The molecule has 2 aliphatic rings. The number of nitrogens with one attached hydrogen (secondary N) is 3. The number of hydrogen-bond donors (Lipinski definition) is 3. The number of aromatic amines is 1. The van der Waals surface area contributed by atoms with E-state index in [1.807, 2.05) is 7.05 Å². The van der Waals surface area contributed by atoms with Crippen molar-refractivity contribution in [2.24, 2.45) is 10.9 Å². The molecule has 1 atom stereocenters. The van der Waals surface area contributed by atoms with Gasteiger partial charge in [-0.3, -0.25) is 9.79 Å². The number of guanidine groups is 1. The summed E-state index contributed by atoms with van der Waals surface area (Å²) in [6, 6.07) is 6.82. The third kappa shape index (κ3) is 4.79. The number of hydrogen-bond acceptors (Lipinski definition) is 2. The number of nitrogens with zero attached hydrogens (tertiary/aromatic N) is 2. The van der Waals surface area contributed by atoms with Crippen molar-refractivity contribution in [3.63, 3.8) is 0 Å². The van der Waals surface area contributed by atoms with Gasteiger partial charge in [-0.15, -0.1) is 0 Å². The molecule has 3 N–H and O–H groups in total. The molecule has 4 rings (SSSR count). The summed E-state index contributed by atoms with van der Waals surface area (Å²) in [6.45, 7) is 4.58. The minimum Gasteiger partial charge on any atom is -0.361 e. The second-order valence-electron chi connectivity index (χ2n) is 8.86. The van der Waals surface area contributed by atoms with E-state index in [1.54, 1.807) is 0 Å². The van der Waals surface area contributed by atoms with Crippen molar-refractivity contribution in [3.8, 4) is 0 Å². The lowest BCUT2D eigenvalue weighted by Crippen LogP contribution is -2.46. The van der Waals surface area contributed by atoms with Gasteiger partial charge in [-0.1, -0.05) is 31.4 Å². The van der Waals surface area contributed by atoms with Crippen LogP contribution in [-0.2, 0) is 11.2 Å². The molecule has 2 heterocycles. The summed E-state index contributed by atoms with van der Waals surface area (Å²) in [7, 11) is 1.81. The summed E-state index contributed by atoms with van der Waals surface area (Å²) in [6.07, 6.45) is 9.87.